The lowest BCUT2D eigenvalue weighted by atomic mass is 10.6. The Hall–Kier alpha value is -0.0831. The minimum atomic E-state index is -0.968. The van der Waals surface area contributed by atoms with Gasteiger partial charge < -0.3 is 4.90 Å². The molecule has 94 valence electrons. The summed E-state index contributed by atoms with van der Waals surface area (Å²) < 4.78 is 0. The van der Waals surface area contributed by atoms with Gasteiger partial charge in [0.1, 0.15) is 0 Å². The third-order valence-electron chi connectivity index (χ3n) is 3.85. The van der Waals surface area contributed by atoms with Crippen LogP contribution in [0.3, 0.4) is 0 Å². The molecule has 1 rings (SSSR count). The monoisotopic (exact) mass is 239 g/mol. The lowest BCUT2D eigenvalue weighted by Gasteiger charge is -2.30. The molecule has 16 heavy (non-hydrogen) atoms. The molecule has 0 saturated carbocycles. The Morgan fingerprint density at radius 2 is 1.69 bits per heavy atom. The van der Waals surface area contributed by atoms with Crippen LogP contribution in [0.1, 0.15) is 33.6 Å². The summed E-state index contributed by atoms with van der Waals surface area (Å²) in [5.74, 6) is 0. The van der Waals surface area contributed by atoms with E-state index in [-0.39, 0.29) is 0 Å². The molecule has 0 unspecified atom stereocenters. The van der Waals surface area contributed by atoms with Gasteiger partial charge in [0.25, 0.3) is 0 Å². The van der Waals surface area contributed by atoms with E-state index in [1.54, 1.807) is 18.1 Å². The summed E-state index contributed by atoms with van der Waals surface area (Å²) in [4.78, 5) is 2.60. The Labute approximate surface area is 103 Å². The Morgan fingerprint density at radius 3 is 2.12 bits per heavy atom. The third-order valence-corrected chi connectivity index (χ3v) is 9.35. The smallest absolute Gasteiger partial charge is 0.0585 e. The van der Waals surface area contributed by atoms with E-state index < -0.39 is 8.07 Å². The summed E-state index contributed by atoms with van der Waals surface area (Å²) in [5.41, 5.74) is 0. The molecule has 0 radical (unpaired) electrons. The van der Waals surface area contributed by atoms with E-state index in [1.807, 2.05) is 0 Å². The fourth-order valence-corrected chi connectivity index (χ4v) is 7.81. The minimum absolute atomic E-state index is 0.968. The molecule has 1 fully saturated rings. The van der Waals surface area contributed by atoms with Crippen molar-refractivity contribution in [2.75, 3.05) is 19.6 Å². The van der Waals surface area contributed by atoms with Gasteiger partial charge in [0.15, 0.2) is 0 Å². The summed E-state index contributed by atoms with van der Waals surface area (Å²) in [5, 5.41) is 0. The van der Waals surface area contributed by atoms with Gasteiger partial charge in [-0.15, -0.1) is 0 Å². The SMILES string of the molecule is C/C=C/C[Si](CCC)(CCC)CCN1CC1. The van der Waals surface area contributed by atoms with Crippen molar-refractivity contribution in [3.63, 3.8) is 0 Å². The lowest BCUT2D eigenvalue weighted by molar-refractivity contribution is 0.587. The largest absolute Gasteiger partial charge is 0.301 e. The first-order valence-electron chi connectivity index (χ1n) is 7.10. The van der Waals surface area contributed by atoms with Gasteiger partial charge in [-0.1, -0.05) is 50.9 Å². The van der Waals surface area contributed by atoms with Crippen LogP contribution in [0.5, 0.6) is 0 Å². The molecule has 1 aliphatic rings. The van der Waals surface area contributed by atoms with Gasteiger partial charge in [-0.05, 0) is 25.6 Å². The quantitative estimate of drug-likeness (QED) is 0.332. The number of rotatable bonds is 9. The average Bonchev–Trinajstić information content (AvgIpc) is 3.08. The van der Waals surface area contributed by atoms with Crippen LogP contribution in [0.2, 0.25) is 24.2 Å². The predicted octanol–water partition coefficient (Wildman–Crippen LogP) is 4.15. The van der Waals surface area contributed by atoms with E-state index in [1.165, 1.54) is 38.5 Å². The molecule has 0 aromatic carbocycles. The van der Waals surface area contributed by atoms with Crippen LogP contribution in [0.15, 0.2) is 12.2 Å². The van der Waals surface area contributed by atoms with Crippen molar-refractivity contribution >= 4 is 8.07 Å². The Balaban J connectivity index is 2.50. The molecule has 0 aliphatic carbocycles. The Morgan fingerprint density at radius 1 is 1.06 bits per heavy atom. The van der Waals surface area contributed by atoms with Crippen molar-refractivity contribution in [1.29, 1.82) is 0 Å². The molecular weight excluding hydrogens is 210 g/mol. The zero-order valence-electron chi connectivity index (χ0n) is 11.5. The molecule has 1 nitrogen and oxygen atoms in total. The number of allylic oxidation sites excluding steroid dienone is 2. The summed E-state index contributed by atoms with van der Waals surface area (Å²) in [6.07, 6.45) is 7.48. The molecule has 1 saturated heterocycles. The topological polar surface area (TPSA) is 3.01 Å². The molecule has 0 N–H and O–H groups in total. The molecule has 0 amide bonds. The molecule has 1 aliphatic heterocycles. The number of nitrogens with zero attached hydrogens (tertiary/aromatic N) is 1. The van der Waals surface area contributed by atoms with Crippen LogP contribution < -0.4 is 0 Å². The van der Waals surface area contributed by atoms with Crippen LogP contribution in [0, 0.1) is 0 Å². The number of hydrogen-bond donors (Lipinski definition) is 0. The summed E-state index contributed by atoms with van der Waals surface area (Å²) in [6, 6.07) is 6.05. The average molecular weight is 239 g/mol. The van der Waals surface area contributed by atoms with Crippen LogP contribution in [-0.2, 0) is 0 Å². The van der Waals surface area contributed by atoms with Crippen molar-refractivity contribution < 1.29 is 0 Å². The van der Waals surface area contributed by atoms with Gasteiger partial charge in [0, 0.05) is 13.1 Å². The maximum atomic E-state index is 2.60. The van der Waals surface area contributed by atoms with E-state index in [4.69, 9.17) is 0 Å². The van der Waals surface area contributed by atoms with Gasteiger partial charge in [-0.25, -0.2) is 0 Å². The van der Waals surface area contributed by atoms with Gasteiger partial charge in [0.05, 0.1) is 8.07 Å². The van der Waals surface area contributed by atoms with Gasteiger partial charge >= 0.3 is 0 Å². The fraction of sp³-hybridized carbons (Fsp3) is 0.857. The molecule has 0 aromatic heterocycles. The van der Waals surface area contributed by atoms with E-state index in [2.05, 4.69) is 37.8 Å². The third kappa shape index (κ3) is 4.83. The Kier molecular flexibility index (Phi) is 6.36. The van der Waals surface area contributed by atoms with Crippen molar-refractivity contribution in [2.24, 2.45) is 0 Å². The Bertz CT molecular complexity index is 203. The van der Waals surface area contributed by atoms with Crippen molar-refractivity contribution in [3.8, 4) is 0 Å². The summed E-state index contributed by atoms with van der Waals surface area (Å²) in [6.45, 7) is 11.0. The fourth-order valence-electron chi connectivity index (χ4n) is 2.80. The second-order valence-corrected chi connectivity index (χ2v) is 10.3. The van der Waals surface area contributed by atoms with E-state index >= 15 is 0 Å². The van der Waals surface area contributed by atoms with E-state index in [9.17, 15) is 0 Å². The molecular formula is C14H29NSi. The van der Waals surface area contributed by atoms with E-state index in [0.717, 1.165) is 0 Å². The normalized spacial score (nSPS) is 17.2. The first-order valence-corrected chi connectivity index (χ1v) is 9.92. The molecule has 1 heterocycles. The van der Waals surface area contributed by atoms with Gasteiger partial charge in [0.2, 0.25) is 0 Å². The van der Waals surface area contributed by atoms with Gasteiger partial charge in [-0.2, -0.15) is 0 Å². The molecule has 0 atom stereocenters. The first kappa shape index (κ1) is 14.0. The first-order chi connectivity index (χ1) is 7.76. The predicted molar refractivity (Wildman–Crippen MR) is 76.8 cm³/mol. The molecule has 0 bridgehead atoms. The molecule has 2 heteroatoms. The second kappa shape index (κ2) is 7.28. The standard InChI is InChI=1S/C14H29NSi/c1-4-7-13-16(11-5-2,12-6-3)14-10-15-8-9-15/h4,7H,5-6,8-14H2,1-3H3/b7-4+. The van der Waals surface area contributed by atoms with E-state index in [0.29, 0.717) is 0 Å². The van der Waals surface area contributed by atoms with Crippen LogP contribution in [0.25, 0.3) is 0 Å². The summed E-state index contributed by atoms with van der Waals surface area (Å²) >= 11 is 0. The van der Waals surface area contributed by atoms with Crippen molar-refractivity contribution in [1.82, 2.24) is 4.90 Å². The second-order valence-electron chi connectivity index (χ2n) is 5.36. The molecule has 0 spiro atoms. The van der Waals surface area contributed by atoms with Crippen LogP contribution >= 0.6 is 0 Å². The highest BCUT2D eigenvalue weighted by molar-refractivity contribution is 6.80. The lowest BCUT2D eigenvalue weighted by Crippen LogP contribution is -2.35. The minimum Gasteiger partial charge on any atom is -0.301 e. The number of hydrogen-bond acceptors (Lipinski definition) is 1. The zero-order valence-corrected chi connectivity index (χ0v) is 12.5. The van der Waals surface area contributed by atoms with Crippen molar-refractivity contribution in [3.05, 3.63) is 12.2 Å². The highest BCUT2D eigenvalue weighted by Gasteiger charge is 2.31. The maximum Gasteiger partial charge on any atom is 0.0585 e. The zero-order chi connectivity index (χ0) is 11.9. The highest BCUT2D eigenvalue weighted by Crippen LogP contribution is 2.30. The van der Waals surface area contributed by atoms with Gasteiger partial charge in [-0.3, -0.25) is 0 Å². The van der Waals surface area contributed by atoms with Crippen LogP contribution in [0.4, 0.5) is 0 Å². The molecule has 0 aromatic rings. The highest BCUT2D eigenvalue weighted by atomic mass is 28.3. The summed E-state index contributed by atoms with van der Waals surface area (Å²) in [7, 11) is -0.968. The van der Waals surface area contributed by atoms with Crippen LogP contribution in [-0.4, -0.2) is 32.6 Å². The maximum absolute atomic E-state index is 2.60. The van der Waals surface area contributed by atoms with Crippen molar-refractivity contribution in [2.45, 2.75) is 57.8 Å².